The Kier molecular flexibility index (Phi) is 3.43. The summed E-state index contributed by atoms with van der Waals surface area (Å²) in [5.74, 6) is 0. The smallest absolute Gasteiger partial charge is 0.0575 e. The quantitative estimate of drug-likeness (QED) is 0.769. The third kappa shape index (κ3) is 2.41. The molecule has 3 N–H and O–H groups in total. The van der Waals surface area contributed by atoms with Crippen LogP contribution in [0.15, 0.2) is 48.5 Å². The van der Waals surface area contributed by atoms with Crippen LogP contribution in [0.1, 0.15) is 22.9 Å². The Labute approximate surface area is 125 Å². The van der Waals surface area contributed by atoms with Gasteiger partial charge in [0.15, 0.2) is 0 Å². The maximum Gasteiger partial charge on any atom is 0.0575 e. The highest BCUT2D eigenvalue weighted by Gasteiger charge is 2.16. The van der Waals surface area contributed by atoms with Gasteiger partial charge in [0.25, 0.3) is 0 Å². The van der Waals surface area contributed by atoms with E-state index in [0.29, 0.717) is 0 Å². The zero-order valence-electron chi connectivity index (χ0n) is 12.7. The van der Waals surface area contributed by atoms with Crippen LogP contribution in [0.5, 0.6) is 0 Å². The fourth-order valence-corrected chi connectivity index (χ4v) is 2.85. The van der Waals surface area contributed by atoms with Gasteiger partial charge in [0.2, 0.25) is 0 Å². The summed E-state index contributed by atoms with van der Waals surface area (Å²) in [5, 5.41) is 1.21. The average Bonchev–Trinajstić information content (AvgIpc) is 2.82. The van der Waals surface area contributed by atoms with Crippen molar-refractivity contribution in [1.29, 1.82) is 0 Å². The normalized spacial score (nSPS) is 12.6. The number of nitrogens with one attached hydrogen (secondary N) is 1. The van der Waals surface area contributed by atoms with Gasteiger partial charge in [-0.15, -0.1) is 0 Å². The Hall–Kier alpha value is -2.26. The van der Waals surface area contributed by atoms with Gasteiger partial charge in [-0.3, -0.25) is 0 Å². The van der Waals surface area contributed by atoms with Gasteiger partial charge in [-0.1, -0.05) is 30.3 Å². The fourth-order valence-electron chi connectivity index (χ4n) is 2.85. The highest BCUT2D eigenvalue weighted by Crippen LogP contribution is 2.30. The molecule has 3 rings (SSSR count). The minimum atomic E-state index is -0.114. The number of fused-ring (bicyclic) bond motifs is 1. The van der Waals surface area contributed by atoms with Crippen molar-refractivity contribution >= 4 is 16.6 Å². The van der Waals surface area contributed by atoms with Crippen molar-refractivity contribution in [3.8, 4) is 0 Å². The third-order valence-corrected chi connectivity index (χ3v) is 4.02. The van der Waals surface area contributed by atoms with Gasteiger partial charge in [-0.25, -0.2) is 0 Å². The van der Waals surface area contributed by atoms with E-state index in [1.807, 2.05) is 20.2 Å². The van der Waals surface area contributed by atoms with Crippen LogP contribution in [-0.2, 0) is 0 Å². The van der Waals surface area contributed by atoms with Crippen molar-refractivity contribution in [2.24, 2.45) is 5.73 Å². The molecule has 3 heteroatoms. The van der Waals surface area contributed by atoms with Crippen LogP contribution < -0.4 is 10.6 Å². The Balaban J connectivity index is 2.04. The molecule has 1 unspecified atom stereocenters. The molecule has 0 radical (unpaired) electrons. The van der Waals surface area contributed by atoms with E-state index >= 15 is 0 Å². The standard InChI is InChI=1S/C18H21N3/c1-12-17(15-6-4-5-7-16(15)20-12)18(19)13-8-10-14(11-9-13)21(2)3/h4-11,18,20H,19H2,1-3H3. The Bertz CT molecular complexity index is 754. The maximum atomic E-state index is 6.52. The Morgan fingerprint density at radius 2 is 1.67 bits per heavy atom. The number of H-pyrrole nitrogens is 1. The number of para-hydroxylation sites is 1. The van der Waals surface area contributed by atoms with Crippen LogP contribution in [0.2, 0.25) is 0 Å². The highest BCUT2D eigenvalue weighted by molar-refractivity contribution is 5.85. The number of aromatic nitrogens is 1. The summed E-state index contributed by atoms with van der Waals surface area (Å²) in [6.45, 7) is 2.09. The molecule has 0 fully saturated rings. The van der Waals surface area contributed by atoms with E-state index in [0.717, 1.165) is 16.8 Å². The van der Waals surface area contributed by atoms with Crippen molar-refractivity contribution in [1.82, 2.24) is 4.98 Å². The lowest BCUT2D eigenvalue weighted by Crippen LogP contribution is -2.13. The molecule has 2 aromatic carbocycles. The van der Waals surface area contributed by atoms with E-state index in [1.165, 1.54) is 16.6 Å². The number of nitrogens with two attached hydrogens (primary N) is 1. The zero-order chi connectivity index (χ0) is 15.0. The molecule has 0 saturated carbocycles. The average molecular weight is 279 g/mol. The third-order valence-electron chi connectivity index (χ3n) is 4.02. The largest absolute Gasteiger partial charge is 0.378 e. The summed E-state index contributed by atoms with van der Waals surface area (Å²) < 4.78 is 0. The first kappa shape index (κ1) is 13.7. The second-order valence-corrected chi connectivity index (χ2v) is 5.67. The van der Waals surface area contributed by atoms with Crippen LogP contribution in [0.4, 0.5) is 5.69 Å². The molecular formula is C18H21N3. The first-order chi connectivity index (χ1) is 10.1. The lowest BCUT2D eigenvalue weighted by molar-refractivity contribution is 0.868. The van der Waals surface area contributed by atoms with Gasteiger partial charge in [0.05, 0.1) is 6.04 Å². The number of anilines is 1. The molecule has 3 nitrogen and oxygen atoms in total. The molecule has 0 spiro atoms. The fraction of sp³-hybridized carbons (Fsp3) is 0.222. The Morgan fingerprint density at radius 1 is 1.00 bits per heavy atom. The predicted molar refractivity (Wildman–Crippen MR) is 89.8 cm³/mol. The lowest BCUT2D eigenvalue weighted by Gasteiger charge is -2.16. The molecule has 1 atom stereocenters. The monoisotopic (exact) mass is 279 g/mol. The molecule has 0 bridgehead atoms. The molecule has 0 saturated heterocycles. The molecule has 0 aliphatic carbocycles. The number of hydrogen-bond acceptors (Lipinski definition) is 2. The number of rotatable bonds is 3. The van der Waals surface area contributed by atoms with Gasteiger partial charge < -0.3 is 15.6 Å². The Morgan fingerprint density at radius 3 is 2.33 bits per heavy atom. The molecule has 108 valence electrons. The molecule has 1 aromatic heterocycles. The number of aromatic amines is 1. The summed E-state index contributed by atoms with van der Waals surface area (Å²) in [6.07, 6.45) is 0. The minimum Gasteiger partial charge on any atom is -0.378 e. The topological polar surface area (TPSA) is 45.1 Å². The van der Waals surface area contributed by atoms with Gasteiger partial charge in [0.1, 0.15) is 0 Å². The second kappa shape index (κ2) is 5.26. The van der Waals surface area contributed by atoms with Crippen molar-refractivity contribution in [3.63, 3.8) is 0 Å². The first-order valence-corrected chi connectivity index (χ1v) is 7.18. The van der Waals surface area contributed by atoms with Crippen LogP contribution >= 0.6 is 0 Å². The second-order valence-electron chi connectivity index (χ2n) is 5.67. The molecule has 0 aliphatic rings. The SMILES string of the molecule is Cc1[nH]c2ccccc2c1C(N)c1ccc(N(C)C)cc1. The number of nitrogens with zero attached hydrogens (tertiary/aromatic N) is 1. The number of aryl methyl sites for hydroxylation is 1. The molecule has 0 aliphatic heterocycles. The molecule has 21 heavy (non-hydrogen) atoms. The van der Waals surface area contributed by atoms with E-state index in [-0.39, 0.29) is 6.04 Å². The first-order valence-electron chi connectivity index (χ1n) is 7.18. The van der Waals surface area contributed by atoms with Gasteiger partial charge in [-0.05, 0) is 30.7 Å². The highest BCUT2D eigenvalue weighted by atomic mass is 15.1. The lowest BCUT2D eigenvalue weighted by atomic mass is 9.97. The van der Waals surface area contributed by atoms with Crippen LogP contribution in [-0.4, -0.2) is 19.1 Å². The van der Waals surface area contributed by atoms with Gasteiger partial charge in [-0.2, -0.15) is 0 Å². The molecule has 0 amide bonds. The van der Waals surface area contributed by atoms with E-state index in [2.05, 4.69) is 59.3 Å². The zero-order valence-corrected chi connectivity index (χ0v) is 12.7. The summed E-state index contributed by atoms with van der Waals surface area (Å²) >= 11 is 0. The van der Waals surface area contributed by atoms with Crippen molar-refractivity contribution in [3.05, 3.63) is 65.4 Å². The van der Waals surface area contributed by atoms with Gasteiger partial charge in [0, 0.05) is 41.9 Å². The van der Waals surface area contributed by atoms with Crippen LogP contribution in [0, 0.1) is 6.92 Å². The number of hydrogen-bond donors (Lipinski definition) is 2. The molecular weight excluding hydrogens is 258 g/mol. The van der Waals surface area contributed by atoms with Gasteiger partial charge >= 0.3 is 0 Å². The van der Waals surface area contributed by atoms with Crippen LogP contribution in [0.3, 0.4) is 0 Å². The number of benzene rings is 2. The summed E-state index contributed by atoms with van der Waals surface area (Å²) in [4.78, 5) is 5.51. The van der Waals surface area contributed by atoms with E-state index < -0.39 is 0 Å². The van der Waals surface area contributed by atoms with E-state index in [1.54, 1.807) is 0 Å². The van der Waals surface area contributed by atoms with Crippen LogP contribution in [0.25, 0.3) is 10.9 Å². The minimum absolute atomic E-state index is 0.114. The van der Waals surface area contributed by atoms with Crippen molar-refractivity contribution < 1.29 is 0 Å². The summed E-state index contributed by atoms with van der Waals surface area (Å²) in [6, 6.07) is 16.6. The van der Waals surface area contributed by atoms with E-state index in [9.17, 15) is 0 Å². The molecule has 3 aromatic rings. The predicted octanol–water partition coefficient (Wildman–Crippen LogP) is 3.59. The van der Waals surface area contributed by atoms with E-state index in [4.69, 9.17) is 5.73 Å². The van der Waals surface area contributed by atoms with Crippen molar-refractivity contribution in [2.75, 3.05) is 19.0 Å². The summed E-state index contributed by atoms with van der Waals surface area (Å²) in [5.41, 5.74) is 12.3. The maximum absolute atomic E-state index is 6.52. The molecule has 1 heterocycles. The summed E-state index contributed by atoms with van der Waals surface area (Å²) in [7, 11) is 4.08. The van der Waals surface area contributed by atoms with Crippen molar-refractivity contribution in [2.45, 2.75) is 13.0 Å².